The van der Waals surface area contributed by atoms with Gasteiger partial charge in [0.1, 0.15) is 12.1 Å². The van der Waals surface area contributed by atoms with E-state index in [-0.39, 0.29) is 17.4 Å². The second-order valence-electron chi connectivity index (χ2n) is 5.22. The molecule has 0 saturated carbocycles. The van der Waals surface area contributed by atoms with E-state index in [0.717, 1.165) is 6.42 Å². The van der Waals surface area contributed by atoms with Crippen LogP contribution in [0.3, 0.4) is 0 Å². The van der Waals surface area contributed by atoms with Crippen LogP contribution in [0.5, 0.6) is 11.6 Å². The molecule has 1 heterocycles. The normalized spacial score (nSPS) is 10.3. The molecule has 0 saturated heterocycles. The maximum absolute atomic E-state index is 11.5. The van der Waals surface area contributed by atoms with Gasteiger partial charge in [0.25, 0.3) is 0 Å². The van der Waals surface area contributed by atoms with Crippen molar-refractivity contribution in [3.8, 4) is 11.6 Å². The van der Waals surface area contributed by atoms with E-state index in [4.69, 9.17) is 4.74 Å². The Morgan fingerprint density at radius 3 is 2.44 bits per heavy atom. The quantitative estimate of drug-likeness (QED) is 0.527. The Hall–Kier alpha value is -3.48. The van der Waals surface area contributed by atoms with Crippen molar-refractivity contribution in [2.45, 2.75) is 13.3 Å². The van der Waals surface area contributed by atoms with E-state index in [1.807, 2.05) is 30.3 Å². The van der Waals surface area contributed by atoms with Crippen molar-refractivity contribution in [1.82, 2.24) is 9.97 Å². The van der Waals surface area contributed by atoms with Gasteiger partial charge >= 0.3 is 11.6 Å². The first-order valence-electron chi connectivity index (χ1n) is 7.75. The number of para-hydroxylation sites is 1. The second-order valence-corrected chi connectivity index (χ2v) is 5.22. The van der Waals surface area contributed by atoms with Crippen LogP contribution in [0.15, 0.2) is 60.9 Å². The fraction of sp³-hybridized carbons (Fsp3) is 0.111. The van der Waals surface area contributed by atoms with Crippen molar-refractivity contribution in [3.05, 3.63) is 76.6 Å². The molecule has 0 unspecified atom stereocenters. The Morgan fingerprint density at radius 2 is 1.80 bits per heavy atom. The van der Waals surface area contributed by atoms with Gasteiger partial charge < -0.3 is 10.1 Å². The van der Waals surface area contributed by atoms with Gasteiger partial charge in [0.15, 0.2) is 0 Å². The summed E-state index contributed by atoms with van der Waals surface area (Å²) >= 11 is 0. The van der Waals surface area contributed by atoms with E-state index >= 15 is 0 Å². The Kier molecular flexibility index (Phi) is 4.84. The monoisotopic (exact) mass is 336 g/mol. The molecular weight excluding hydrogens is 320 g/mol. The molecule has 0 fully saturated rings. The van der Waals surface area contributed by atoms with Gasteiger partial charge in [-0.15, -0.1) is 0 Å². The van der Waals surface area contributed by atoms with E-state index in [1.54, 1.807) is 24.3 Å². The summed E-state index contributed by atoms with van der Waals surface area (Å²) in [7, 11) is 0. The first-order chi connectivity index (χ1) is 12.2. The summed E-state index contributed by atoms with van der Waals surface area (Å²) in [5, 5.41) is 14.5. The van der Waals surface area contributed by atoms with Gasteiger partial charge in [-0.05, 0) is 36.2 Å². The predicted octanol–water partition coefficient (Wildman–Crippen LogP) is 4.48. The lowest BCUT2D eigenvalue weighted by Gasteiger charge is -2.09. The molecule has 0 amide bonds. The van der Waals surface area contributed by atoms with E-state index in [1.165, 1.54) is 11.9 Å². The van der Waals surface area contributed by atoms with Gasteiger partial charge in [-0.2, -0.15) is 4.98 Å². The Bertz CT molecular complexity index is 867. The SMILES string of the molecule is CCc1ccc(Nc2ncnc(Oc3ccccc3)c2[N+](=O)[O-])cc1. The lowest BCUT2D eigenvalue weighted by Crippen LogP contribution is -2.03. The van der Waals surface area contributed by atoms with Crippen LogP contribution in [0.2, 0.25) is 0 Å². The van der Waals surface area contributed by atoms with Crippen LogP contribution in [-0.2, 0) is 6.42 Å². The van der Waals surface area contributed by atoms with E-state index in [2.05, 4.69) is 22.2 Å². The first-order valence-corrected chi connectivity index (χ1v) is 7.75. The standard InChI is InChI=1S/C18H16N4O3/c1-2-13-8-10-14(11-9-13)21-17-16(22(23)24)18(20-12-19-17)25-15-6-4-3-5-7-15/h3-12H,2H2,1H3,(H,19,20,21). The average molecular weight is 336 g/mol. The molecule has 0 aliphatic rings. The number of aromatic nitrogens is 2. The number of nitrogens with zero attached hydrogens (tertiary/aromatic N) is 3. The van der Waals surface area contributed by atoms with E-state index in [0.29, 0.717) is 11.4 Å². The number of rotatable bonds is 6. The highest BCUT2D eigenvalue weighted by Crippen LogP contribution is 2.35. The molecular formula is C18H16N4O3. The molecule has 25 heavy (non-hydrogen) atoms. The third kappa shape index (κ3) is 3.89. The molecule has 3 rings (SSSR count). The fourth-order valence-corrected chi connectivity index (χ4v) is 2.25. The number of nitro groups is 1. The molecule has 3 aromatic rings. The Labute approximate surface area is 144 Å². The summed E-state index contributed by atoms with van der Waals surface area (Å²) in [5.41, 5.74) is 1.56. The molecule has 7 heteroatoms. The van der Waals surface area contributed by atoms with Crippen molar-refractivity contribution in [2.24, 2.45) is 0 Å². The van der Waals surface area contributed by atoms with Gasteiger partial charge in [-0.1, -0.05) is 37.3 Å². The summed E-state index contributed by atoms with van der Waals surface area (Å²) in [6.07, 6.45) is 2.15. The molecule has 1 N–H and O–H groups in total. The number of aryl methyl sites for hydroxylation is 1. The molecule has 0 bridgehead atoms. The molecule has 0 aliphatic heterocycles. The van der Waals surface area contributed by atoms with E-state index in [9.17, 15) is 10.1 Å². The van der Waals surface area contributed by atoms with Crippen molar-refractivity contribution in [3.63, 3.8) is 0 Å². The van der Waals surface area contributed by atoms with Gasteiger partial charge in [0, 0.05) is 5.69 Å². The smallest absolute Gasteiger partial charge is 0.373 e. The number of ether oxygens (including phenoxy) is 1. The highest BCUT2D eigenvalue weighted by atomic mass is 16.6. The van der Waals surface area contributed by atoms with Crippen molar-refractivity contribution >= 4 is 17.2 Å². The molecule has 126 valence electrons. The van der Waals surface area contributed by atoms with Crippen LogP contribution >= 0.6 is 0 Å². The molecule has 0 spiro atoms. The number of nitrogens with one attached hydrogen (secondary N) is 1. The highest BCUT2D eigenvalue weighted by Gasteiger charge is 2.25. The topological polar surface area (TPSA) is 90.2 Å². The van der Waals surface area contributed by atoms with Gasteiger partial charge in [0.05, 0.1) is 4.92 Å². The molecule has 0 aliphatic carbocycles. The molecule has 7 nitrogen and oxygen atoms in total. The molecule has 0 radical (unpaired) electrons. The van der Waals surface area contributed by atoms with E-state index < -0.39 is 4.92 Å². The molecule has 2 aromatic carbocycles. The minimum absolute atomic E-state index is 0.0789. The van der Waals surface area contributed by atoms with Crippen LogP contribution < -0.4 is 10.1 Å². The van der Waals surface area contributed by atoms with Crippen LogP contribution in [0, 0.1) is 10.1 Å². The van der Waals surface area contributed by atoms with Gasteiger partial charge in [-0.3, -0.25) is 10.1 Å². The maximum Gasteiger partial charge on any atom is 0.373 e. The highest BCUT2D eigenvalue weighted by molar-refractivity contribution is 5.68. The van der Waals surface area contributed by atoms with Gasteiger partial charge in [0.2, 0.25) is 5.82 Å². The van der Waals surface area contributed by atoms with Crippen molar-refractivity contribution in [1.29, 1.82) is 0 Å². The molecule has 1 aromatic heterocycles. The number of hydrogen-bond donors (Lipinski definition) is 1. The fourth-order valence-electron chi connectivity index (χ4n) is 2.25. The first kappa shape index (κ1) is 16.4. The summed E-state index contributed by atoms with van der Waals surface area (Å²) in [6.45, 7) is 2.06. The van der Waals surface area contributed by atoms with Crippen LogP contribution in [0.1, 0.15) is 12.5 Å². The average Bonchev–Trinajstić information content (AvgIpc) is 2.63. The third-order valence-electron chi connectivity index (χ3n) is 3.55. The Balaban J connectivity index is 1.93. The molecule has 0 atom stereocenters. The minimum Gasteiger partial charge on any atom is -0.434 e. The van der Waals surface area contributed by atoms with Crippen molar-refractivity contribution < 1.29 is 9.66 Å². The zero-order valence-electron chi connectivity index (χ0n) is 13.5. The summed E-state index contributed by atoms with van der Waals surface area (Å²) in [4.78, 5) is 18.9. The zero-order chi connectivity index (χ0) is 17.6. The number of hydrogen-bond acceptors (Lipinski definition) is 6. The van der Waals surface area contributed by atoms with Crippen molar-refractivity contribution in [2.75, 3.05) is 5.32 Å². The zero-order valence-corrected chi connectivity index (χ0v) is 13.5. The summed E-state index contributed by atoms with van der Waals surface area (Å²) in [6, 6.07) is 16.4. The lowest BCUT2D eigenvalue weighted by atomic mass is 10.1. The maximum atomic E-state index is 11.5. The number of benzene rings is 2. The minimum atomic E-state index is -0.555. The number of anilines is 2. The van der Waals surface area contributed by atoms with Gasteiger partial charge in [-0.25, -0.2) is 4.98 Å². The van der Waals surface area contributed by atoms with Crippen LogP contribution in [0.25, 0.3) is 0 Å². The Morgan fingerprint density at radius 1 is 1.08 bits per heavy atom. The van der Waals surface area contributed by atoms with Crippen LogP contribution in [-0.4, -0.2) is 14.9 Å². The third-order valence-corrected chi connectivity index (χ3v) is 3.55. The predicted molar refractivity (Wildman–Crippen MR) is 94.3 cm³/mol. The summed E-state index contributed by atoms with van der Waals surface area (Å²) < 4.78 is 5.55. The largest absolute Gasteiger partial charge is 0.434 e. The lowest BCUT2D eigenvalue weighted by molar-refractivity contribution is -0.385. The second kappa shape index (κ2) is 7.39. The van der Waals surface area contributed by atoms with Crippen LogP contribution in [0.4, 0.5) is 17.2 Å². The summed E-state index contributed by atoms with van der Waals surface area (Å²) in [5.74, 6) is 0.427.